The molecule has 1 saturated heterocycles. The highest BCUT2D eigenvalue weighted by atomic mass is 127. The van der Waals surface area contributed by atoms with Gasteiger partial charge in [-0.3, -0.25) is 9.79 Å². The van der Waals surface area contributed by atoms with Crippen molar-refractivity contribution in [1.29, 1.82) is 0 Å². The number of amides is 1. The predicted molar refractivity (Wildman–Crippen MR) is 137 cm³/mol. The summed E-state index contributed by atoms with van der Waals surface area (Å²) in [5, 5.41) is 7.75. The standard InChI is InChI=1S/C22H31N5O2S.HI/c1-3-23-22(24-10-9-20-25-15-17(2)30-20)26-16-19(18-7-5-4-6-8-18)21(28)27-11-13-29-14-12-27;/h4-8,15,19H,3,9-14,16H2,1-2H3,(H2,23,24,26);1H. The smallest absolute Gasteiger partial charge is 0.232 e. The van der Waals surface area contributed by atoms with Gasteiger partial charge in [0, 0.05) is 43.7 Å². The molecular formula is C22H32IN5O2S. The van der Waals surface area contributed by atoms with Gasteiger partial charge in [0.25, 0.3) is 0 Å². The summed E-state index contributed by atoms with van der Waals surface area (Å²) in [6.07, 6.45) is 2.75. The minimum absolute atomic E-state index is 0. The first-order valence-electron chi connectivity index (χ1n) is 10.5. The highest BCUT2D eigenvalue weighted by Crippen LogP contribution is 2.20. The minimum Gasteiger partial charge on any atom is -0.378 e. The summed E-state index contributed by atoms with van der Waals surface area (Å²) in [5.41, 5.74) is 0.992. The SMILES string of the molecule is CCNC(=NCC(C(=O)N1CCOCC1)c1ccccc1)NCCc1ncc(C)s1.I. The van der Waals surface area contributed by atoms with E-state index in [4.69, 9.17) is 9.73 Å². The maximum absolute atomic E-state index is 13.2. The molecule has 0 radical (unpaired) electrons. The van der Waals surface area contributed by atoms with Gasteiger partial charge in [0.05, 0.1) is 30.7 Å². The van der Waals surface area contributed by atoms with Crippen molar-refractivity contribution in [3.63, 3.8) is 0 Å². The van der Waals surface area contributed by atoms with E-state index in [9.17, 15) is 4.79 Å². The lowest BCUT2D eigenvalue weighted by Gasteiger charge is -2.30. The Hall–Kier alpha value is -1.72. The average molecular weight is 558 g/mol. The maximum Gasteiger partial charge on any atom is 0.232 e. The number of nitrogens with one attached hydrogen (secondary N) is 2. The van der Waals surface area contributed by atoms with Crippen molar-refractivity contribution >= 4 is 47.2 Å². The third-order valence-corrected chi connectivity index (χ3v) is 5.87. The molecule has 0 saturated carbocycles. The van der Waals surface area contributed by atoms with Crippen LogP contribution < -0.4 is 10.6 Å². The fraction of sp³-hybridized carbons (Fsp3) is 0.500. The number of carbonyl (C=O) groups excluding carboxylic acids is 1. The number of aryl methyl sites for hydroxylation is 1. The first kappa shape index (κ1) is 25.5. The van der Waals surface area contributed by atoms with Crippen molar-refractivity contribution in [3.05, 3.63) is 52.0 Å². The van der Waals surface area contributed by atoms with Crippen molar-refractivity contribution in [3.8, 4) is 0 Å². The van der Waals surface area contributed by atoms with Crippen LogP contribution in [0.4, 0.5) is 0 Å². The van der Waals surface area contributed by atoms with Crippen LogP contribution in [-0.2, 0) is 16.0 Å². The number of hydrogen-bond acceptors (Lipinski definition) is 5. The molecule has 0 spiro atoms. The Kier molecular flexibility index (Phi) is 11.2. The number of thiazole rings is 1. The van der Waals surface area contributed by atoms with Crippen LogP contribution in [0.2, 0.25) is 0 Å². The third-order valence-electron chi connectivity index (χ3n) is 4.90. The van der Waals surface area contributed by atoms with Gasteiger partial charge in [-0.15, -0.1) is 35.3 Å². The van der Waals surface area contributed by atoms with E-state index in [2.05, 4.69) is 22.5 Å². The molecule has 3 rings (SSSR count). The van der Waals surface area contributed by atoms with Crippen LogP contribution >= 0.6 is 35.3 Å². The van der Waals surface area contributed by atoms with Crippen molar-refractivity contribution in [2.45, 2.75) is 26.2 Å². The summed E-state index contributed by atoms with van der Waals surface area (Å²) in [5.74, 6) is 0.533. The molecule has 1 aliphatic heterocycles. The van der Waals surface area contributed by atoms with Crippen LogP contribution in [-0.4, -0.2) is 67.7 Å². The highest BCUT2D eigenvalue weighted by molar-refractivity contribution is 14.0. The number of guanidine groups is 1. The highest BCUT2D eigenvalue weighted by Gasteiger charge is 2.27. The summed E-state index contributed by atoms with van der Waals surface area (Å²) in [4.78, 5) is 25.5. The van der Waals surface area contributed by atoms with Crippen LogP contribution in [0.15, 0.2) is 41.5 Å². The molecule has 170 valence electrons. The summed E-state index contributed by atoms with van der Waals surface area (Å²) in [6, 6.07) is 9.92. The zero-order valence-corrected chi connectivity index (χ0v) is 21.3. The average Bonchev–Trinajstić information content (AvgIpc) is 3.20. The number of halogens is 1. The van der Waals surface area contributed by atoms with Crippen molar-refractivity contribution in [2.24, 2.45) is 4.99 Å². The number of carbonyl (C=O) groups is 1. The van der Waals surface area contributed by atoms with E-state index >= 15 is 0 Å². The van der Waals surface area contributed by atoms with E-state index in [1.165, 1.54) is 4.88 Å². The predicted octanol–water partition coefficient (Wildman–Crippen LogP) is 2.81. The van der Waals surface area contributed by atoms with Gasteiger partial charge in [-0.2, -0.15) is 0 Å². The lowest BCUT2D eigenvalue weighted by Crippen LogP contribution is -2.44. The Morgan fingerprint density at radius 3 is 2.65 bits per heavy atom. The summed E-state index contributed by atoms with van der Waals surface area (Å²) >= 11 is 1.72. The molecule has 1 atom stereocenters. The largest absolute Gasteiger partial charge is 0.378 e. The van der Waals surface area contributed by atoms with Gasteiger partial charge in [-0.05, 0) is 19.4 Å². The Bertz CT molecular complexity index is 824. The number of hydrogen-bond donors (Lipinski definition) is 2. The Labute approximate surface area is 205 Å². The molecule has 1 aromatic carbocycles. The van der Waals surface area contributed by atoms with E-state index < -0.39 is 0 Å². The Balaban J connectivity index is 0.00000341. The van der Waals surface area contributed by atoms with Gasteiger partial charge in [0.15, 0.2) is 5.96 Å². The van der Waals surface area contributed by atoms with Gasteiger partial charge < -0.3 is 20.3 Å². The molecule has 0 bridgehead atoms. The van der Waals surface area contributed by atoms with Crippen LogP contribution in [0.25, 0.3) is 0 Å². The Morgan fingerprint density at radius 1 is 1.26 bits per heavy atom. The summed E-state index contributed by atoms with van der Waals surface area (Å²) < 4.78 is 5.40. The fourth-order valence-corrected chi connectivity index (χ4v) is 4.13. The summed E-state index contributed by atoms with van der Waals surface area (Å²) in [6.45, 7) is 8.46. The molecule has 9 heteroatoms. The second-order valence-electron chi connectivity index (χ2n) is 7.16. The number of benzene rings is 1. The topological polar surface area (TPSA) is 78.9 Å². The lowest BCUT2D eigenvalue weighted by atomic mass is 9.97. The molecule has 0 aliphatic carbocycles. The van der Waals surface area contributed by atoms with Crippen molar-refractivity contribution < 1.29 is 9.53 Å². The minimum atomic E-state index is -0.304. The van der Waals surface area contributed by atoms with E-state index in [-0.39, 0.29) is 35.8 Å². The van der Waals surface area contributed by atoms with Gasteiger partial charge >= 0.3 is 0 Å². The van der Waals surface area contributed by atoms with Gasteiger partial charge in [-0.25, -0.2) is 4.98 Å². The first-order valence-corrected chi connectivity index (χ1v) is 11.3. The molecular weight excluding hydrogens is 525 g/mol. The van der Waals surface area contributed by atoms with Gasteiger partial charge in [0.1, 0.15) is 0 Å². The third kappa shape index (κ3) is 8.04. The molecule has 7 nitrogen and oxygen atoms in total. The van der Waals surface area contributed by atoms with Crippen LogP contribution in [0.1, 0.15) is 28.3 Å². The number of nitrogens with zero attached hydrogens (tertiary/aromatic N) is 3. The molecule has 2 N–H and O–H groups in total. The van der Waals surface area contributed by atoms with Crippen molar-refractivity contribution in [1.82, 2.24) is 20.5 Å². The van der Waals surface area contributed by atoms with Crippen LogP contribution in [0, 0.1) is 6.92 Å². The summed E-state index contributed by atoms with van der Waals surface area (Å²) in [7, 11) is 0. The van der Waals surface area contributed by atoms with E-state index in [0.29, 0.717) is 32.8 Å². The molecule has 1 unspecified atom stereocenters. The fourth-order valence-electron chi connectivity index (χ4n) is 3.34. The number of morpholine rings is 1. The second-order valence-corrected chi connectivity index (χ2v) is 8.48. The van der Waals surface area contributed by atoms with Crippen LogP contribution in [0.5, 0.6) is 0 Å². The molecule has 1 amide bonds. The van der Waals surface area contributed by atoms with Crippen LogP contribution in [0.3, 0.4) is 0 Å². The lowest BCUT2D eigenvalue weighted by molar-refractivity contribution is -0.136. The number of ether oxygens (including phenoxy) is 1. The molecule has 1 aromatic heterocycles. The van der Waals surface area contributed by atoms with E-state index in [1.807, 2.05) is 48.4 Å². The molecule has 1 aliphatic rings. The molecule has 2 aromatic rings. The quantitative estimate of drug-likeness (QED) is 0.297. The molecule has 2 heterocycles. The first-order chi connectivity index (χ1) is 14.7. The second kappa shape index (κ2) is 13.6. The van der Waals surface area contributed by atoms with Gasteiger partial charge in [0.2, 0.25) is 5.91 Å². The zero-order valence-electron chi connectivity index (χ0n) is 18.2. The van der Waals surface area contributed by atoms with Crippen molar-refractivity contribution in [2.75, 3.05) is 45.9 Å². The number of aliphatic imine (C=N–C) groups is 1. The normalized spacial score (nSPS) is 15.2. The van der Waals surface area contributed by atoms with E-state index in [1.54, 1.807) is 11.3 Å². The maximum atomic E-state index is 13.2. The monoisotopic (exact) mass is 557 g/mol. The van der Waals surface area contributed by atoms with Gasteiger partial charge in [-0.1, -0.05) is 30.3 Å². The number of rotatable bonds is 8. The van der Waals surface area contributed by atoms with E-state index in [0.717, 1.165) is 36.0 Å². The number of aromatic nitrogens is 1. The molecule has 1 fully saturated rings. The Morgan fingerprint density at radius 2 is 2.00 bits per heavy atom. The molecule has 31 heavy (non-hydrogen) atoms. The zero-order chi connectivity index (χ0) is 21.2.